The molecular weight excluding hydrogens is 424 g/mol. The Labute approximate surface area is 200 Å². The van der Waals surface area contributed by atoms with Crippen LogP contribution in [0.3, 0.4) is 0 Å². The third kappa shape index (κ3) is 3.87. The highest BCUT2D eigenvalue weighted by molar-refractivity contribution is 6.05. The number of fused-ring (bicyclic) bond motifs is 1. The molecule has 2 aromatic heterocycles. The van der Waals surface area contributed by atoms with Gasteiger partial charge in [0.05, 0.1) is 5.41 Å². The Morgan fingerprint density at radius 3 is 2.68 bits per heavy atom. The van der Waals surface area contributed by atoms with Crippen LogP contribution in [0.15, 0.2) is 54.7 Å². The van der Waals surface area contributed by atoms with E-state index in [1.807, 2.05) is 63.2 Å². The number of hydrogen-bond donors (Lipinski definition) is 2. The van der Waals surface area contributed by atoms with Crippen LogP contribution in [0.4, 0.5) is 5.82 Å². The predicted molar refractivity (Wildman–Crippen MR) is 132 cm³/mol. The number of carbonyl (C=O) groups is 2. The molecule has 1 aromatic carbocycles. The number of nitrogens with one attached hydrogen (secondary N) is 2. The molecule has 1 saturated carbocycles. The number of hydrogen-bond acceptors (Lipinski definition) is 4. The molecular formula is C28H30N4O2. The van der Waals surface area contributed by atoms with Gasteiger partial charge < -0.3 is 10.6 Å². The number of aryl methyl sites for hydroxylation is 1. The van der Waals surface area contributed by atoms with E-state index in [2.05, 4.69) is 26.7 Å². The van der Waals surface area contributed by atoms with Gasteiger partial charge in [0.2, 0.25) is 5.91 Å². The van der Waals surface area contributed by atoms with Gasteiger partial charge in [0.1, 0.15) is 5.82 Å². The first kappa shape index (κ1) is 22.3. The van der Waals surface area contributed by atoms with E-state index >= 15 is 0 Å². The summed E-state index contributed by atoms with van der Waals surface area (Å²) in [6, 6.07) is 15.5. The Balaban J connectivity index is 1.28. The van der Waals surface area contributed by atoms with Crippen LogP contribution in [0.2, 0.25) is 0 Å². The summed E-state index contributed by atoms with van der Waals surface area (Å²) in [5.41, 5.74) is 5.02. The molecule has 0 saturated heterocycles. The van der Waals surface area contributed by atoms with Gasteiger partial charge in [-0.1, -0.05) is 31.5 Å². The number of aromatic nitrogens is 2. The molecule has 3 heterocycles. The molecule has 0 radical (unpaired) electrons. The van der Waals surface area contributed by atoms with Crippen molar-refractivity contribution in [2.24, 2.45) is 0 Å². The maximum atomic E-state index is 12.9. The second kappa shape index (κ2) is 8.67. The fraction of sp³-hybridized carbons (Fsp3) is 0.357. The summed E-state index contributed by atoms with van der Waals surface area (Å²) in [6.07, 6.45) is 5.37. The predicted octanol–water partition coefficient (Wildman–Crippen LogP) is 5.00. The van der Waals surface area contributed by atoms with Gasteiger partial charge in [-0.25, -0.2) is 4.98 Å². The van der Waals surface area contributed by atoms with Crippen LogP contribution in [-0.4, -0.2) is 21.8 Å². The standard InChI is InChI=1S/C28H30N4O2/c1-17-14-19(15-24(31-17)21-6-4-7-21)16-30-26(33)22-11-9-20(10-12-22)18(2)28(3)23-8-5-13-29-25(23)32-27(28)34/h5,8-15,18,21H,4,6-7,16H2,1-3H3,(H,30,33)(H,29,32,34)/t18-,28-/m1/s1. The number of benzene rings is 1. The first-order valence-corrected chi connectivity index (χ1v) is 12.0. The molecule has 5 rings (SSSR count). The van der Waals surface area contributed by atoms with Gasteiger partial charge in [-0.05, 0) is 74.1 Å². The van der Waals surface area contributed by atoms with Crippen LogP contribution in [0.25, 0.3) is 0 Å². The molecule has 0 bridgehead atoms. The normalized spacial score (nSPS) is 20.3. The second-order valence-corrected chi connectivity index (χ2v) is 9.75. The summed E-state index contributed by atoms with van der Waals surface area (Å²) in [6.45, 7) is 6.48. The van der Waals surface area contributed by atoms with Gasteiger partial charge in [0.15, 0.2) is 0 Å². The highest BCUT2D eigenvalue weighted by Gasteiger charge is 2.47. The fourth-order valence-electron chi connectivity index (χ4n) is 5.04. The van der Waals surface area contributed by atoms with Crippen LogP contribution in [0.5, 0.6) is 0 Å². The minimum absolute atomic E-state index is 0.0515. The van der Waals surface area contributed by atoms with Crippen molar-refractivity contribution in [3.63, 3.8) is 0 Å². The van der Waals surface area contributed by atoms with Gasteiger partial charge in [-0.3, -0.25) is 14.6 Å². The number of pyridine rings is 2. The van der Waals surface area contributed by atoms with E-state index in [0.29, 0.717) is 23.8 Å². The average Bonchev–Trinajstić information content (AvgIpc) is 3.06. The third-order valence-electron chi connectivity index (χ3n) is 7.62. The van der Waals surface area contributed by atoms with E-state index in [1.165, 1.54) is 19.3 Å². The van der Waals surface area contributed by atoms with Gasteiger partial charge in [-0.15, -0.1) is 0 Å². The quantitative estimate of drug-likeness (QED) is 0.549. The number of anilines is 1. The Bertz CT molecular complexity index is 1250. The zero-order chi connectivity index (χ0) is 23.9. The van der Waals surface area contributed by atoms with E-state index in [4.69, 9.17) is 0 Å². The lowest BCUT2D eigenvalue weighted by molar-refractivity contribution is -0.120. The van der Waals surface area contributed by atoms with Crippen LogP contribution in [0.1, 0.15) is 83.4 Å². The van der Waals surface area contributed by atoms with Crippen molar-refractivity contribution in [1.82, 2.24) is 15.3 Å². The lowest BCUT2D eigenvalue weighted by Crippen LogP contribution is -2.36. The molecule has 6 heteroatoms. The number of carbonyl (C=O) groups excluding carboxylic acids is 2. The van der Waals surface area contributed by atoms with Crippen molar-refractivity contribution in [2.45, 2.75) is 63.8 Å². The molecule has 0 unspecified atom stereocenters. The van der Waals surface area contributed by atoms with Gasteiger partial charge in [-0.2, -0.15) is 0 Å². The molecule has 174 valence electrons. The van der Waals surface area contributed by atoms with Gasteiger partial charge >= 0.3 is 0 Å². The van der Waals surface area contributed by atoms with E-state index in [9.17, 15) is 9.59 Å². The van der Waals surface area contributed by atoms with Crippen molar-refractivity contribution in [2.75, 3.05) is 5.32 Å². The zero-order valence-corrected chi connectivity index (χ0v) is 19.9. The third-order valence-corrected chi connectivity index (χ3v) is 7.62. The Morgan fingerprint density at radius 1 is 1.21 bits per heavy atom. The summed E-state index contributed by atoms with van der Waals surface area (Å²) >= 11 is 0. The minimum Gasteiger partial charge on any atom is -0.348 e. The summed E-state index contributed by atoms with van der Waals surface area (Å²) < 4.78 is 0. The van der Waals surface area contributed by atoms with E-state index < -0.39 is 5.41 Å². The Kier molecular flexibility index (Phi) is 5.68. The highest BCUT2D eigenvalue weighted by atomic mass is 16.2. The molecule has 1 aliphatic carbocycles. The largest absolute Gasteiger partial charge is 0.348 e. The maximum Gasteiger partial charge on any atom is 0.251 e. The van der Waals surface area contributed by atoms with E-state index in [-0.39, 0.29) is 17.7 Å². The fourth-order valence-corrected chi connectivity index (χ4v) is 5.04. The monoisotopic (exact) mass is 454 g/mol. The van der Waals surface area contributed by atoms with Crippen LogP contribution in [0, 0.1) is 6.92 Å². The van der Waals surface area contributed by atoms with E-state index in [1.54, 1.807) is 6.20 Å². The second-order valence-electron chi connectivity index (χ2n) is 9.75. The Morgan fingerprint density at radius 2 is 1.97 bits per heavy atom. The van der Waals surface area contributed by atoms with Crippen LogP contribution in [-0.2, 0) is 16.8 Å². The SMILES string of the molecule is Cc1cc(CNC(=O)c2ccc([C@@H](C)[C@@]3(C)C(=O)Nc4ncccc43)cc2)cc(C2CCC2)n1. The van der Waals surface area contributed by atoms with Gasteiger partial charge in [0, 0.05) is 41.2 Å². The summed E-state index contributed by atoms with van der Waals surface area (Å²) in [5.74, 6) is 0.947. The zero-order valence-electron chi connectivity index (χ0n) is 19.9. The summed E-state index contributed by atoms with van der Waals surface area (Å²) in [7, 11) is 0. The lowest BCUT2D eigenvalue weighted by Gasteiger charge is -2.30. The molecule has 2 atom stereocenters. The molecule has 1 fully saturated rings. The summed E-state index contributed by atoms with van der Waals surface area (Å²) in [5, 5.41) is 5.94. The van der Waals surface area contributed by atoms with Crippen molar-refractivity contribution in [3.05, 3.63) is 88.4 Å². The van der Waals surface area contributed by atoms with Gasteiger partial charge in [0.25, 0.3) is 5.91 Å². The molecule has 2 N–H and O–H groups in total. The van der Waals surface area contributed by atoms with Crippen molar-refractivity contribution < 1.29 is 9.59 Å². The number of nitrogens with zero attached hydrogens (tertiary/aromatic N) is 2. The molecule has 3 aromatic rings. The first-order valence-electron chi connectivity index (χ1n) is 12.0. The Hall–Kier alpha value is -3.54. The molecule has 2 amide bonds. The number of rotatable bonds is 6. The molecule has 0 spiro atoms. The van der Waals surface area contributed by atoms with Crippen LogP contribution >= 0.6 is 0 Å². The van der Waals surface area contributed by atoms with Crippen molar-refractivity contribution in [1.29, 1.82) is 0 Å². The minimum atomic E-state index is -0.718. The summed E-state index contributed by atoms with van der Waals surface area (Å²) in [4.78, 5) is 34.6. The topological polar surface area (TPSA) is 84.0 Å². The smallest absolute Gasteiger partial charge is 0.251 e. The molecule has 34 heavy (non-hydrogen) atoms. The number of amides is 2. The molecule has 1 aliphatic heterocycles. The first-order chi connectivity index (χ1) is 16.4. The van der Waals surface area contributed by atoms with Crippen LogP contribution < -0.4 is 10.6 Å². The average molecular weight is 455 g/mol. The van der Waals surface area contributed by atoms with Crippen molar-refractivity contribution >= 4 is 17.6 Å². The molecule has 2 aliphatic rings. The highest BCUT2D eigenvalue weighted by Crippen LogP contribution is 2.45. The van der Waals surface area contributed by atoms with E-state index in [0.717, 1.165) is 28.1 Å². The van der Waals surface area contributed by atoms with Crippen molar-refractivity contribution in [3.8, 4) is 0 Å². The lowest BCUT2D eigenvalue weighted by atomic mass is 9.71. The molecule has 6 nitrogen and oxygen atoms in total. The maximum absolute atomic E-state index is 12.9.